The minimum atomic E-state index is -0.0725. The van der Waals surface area contributed by atoms with Gasteiger partial charge in [0.2, 0.25) is 5.91 Å². The Morgan fingerprint density at radius 3 is 2.65 bits per heavy atom. The molecule has 1 unspecified atom stereocenters. The van der Waals surface area contributed by atoms with E-state index in [9.17, 15) is 9.59 Å². The maximum atomic E-state index is 12.7. The van der Waals surface area contributed by atoms with Crippen molar-refractivity contribution in [1.82, 2.24) is 24.4 Å². The number of carbonyl (C=O) groups excluding carboxylic acids is 2. The Kier molecular flexibility index (Phi) is 4.16. The molecule has 3 rings (SSSR count). The highest BCUT2D eigenvalue weighted by Crippen LogP contribution is 2.23. The van der Waals surface area contributed by atoms with E-state index < -0.39 is 0 Å². The lowest BCUT2D eigenvalue weighted by atomic mass is 10.1. The van der Waals surface area contributed by atoms with E-state index in [-0.39, 0.29) is 17.9 Å². The third-order valence-electron chi connectivity index (χ3n) is 4.55. The average Bonchev–Trinajstić information content (AvgIpc) is 2.96. The smallest absolute Gasteiger partial charge is 0.270 e. The molecule has 3 heterocycles. The standard InChI is InChI=1S/C15H22N6O2/c1-18-8-9-21(10-12(18)14-16-6-7-19(14)2)15(23)11-4-5-13(22)20(3)17-11/h6-7,12H,4-5,8-10H2,1-3H3. The summed E-state index contributed by atoms with van der Waals surface area (Å²) < 4.78 is 1.99. The van der Waals surface area contributed by atoms with Gasteiger partial charge >= 0.3 is 0 Å². The monoisotopic (exact) mass is 318 g/mol. The van der Waals surface area contributed by atoms with Gasteiger partial charge in [0, 0.05) is 59.0 Å². The zero-order chi connectivity index (χ0) is 16.6. The van der Waals surface area contributed by atoms with Crippen LogP contribution >= 0.6 is 0 Å². The number of imidazole rings is 1. The molecule has 0 bridgehead atoms. The molecular weight excluding hydrogens is 296 g/mol. The molecule has 8 heteroatoms. The van der Waals surface area contributed by atoms with E-state index in [0.717, 1.165) is 12.4 Å². The van der Waals surface area contributed by atoms with Gasteiger partial charge in [0.05, 0.1) is 6.04 Å². The lowest BCUT2D eigenvalue weighted by Crippen LogP contribution is -2.52. The fraction of sp³-hybridized carbons (Fsp3) is 0.600. The normalized spacial score (nSPS) is 23.2. The van der Waals surface area contributed by atoms with Crippen molar-refractivity contribution in [2.75, 3.05) is 33.7 Å². The zero-order valence-electron chi connectivity index (χ0n) is 13.8. The summed E-state index contributed by atoms with van der Waals surface area (Å²) in [5.41, 5.74) is 0.468. The Bertz CT molecular complexity index is 652. The maximum absolute atomic E-state index is 12.7. The van der Waals surface area contributed by atoms with Crippen molar-refractivity contribution < 1.29 is 9.59 Å². The van der Waals surface area contributed by atoms with Crippen molar-refractivity contribution in [1.29, 1.82) is 0 Å². The predicted molar refractivity (Wildman–Crippen MR) is 84.6 cm³/mol. The van der Waals surface area contributed by atoms with E-state index in [1.807, 2.05) is 29.8 Å². The van der Waals surface area contributed by atoms with Crippen molar-refractivity contribution in [3.8, 4) is 0 Å². The highest BCUT2D eigenvalue weighted by Gasteiger charge is 2.33. The molecule has 0 spiro atoms. The molecule has 0 N–H and O–H groups in total. The summed E-state index contributed by atoms with van der Waals surface area (Å²) >= 11 is 0. The first-order valence-corrected chi connectivity index (χ1v) is 7.78. The lowest BCUT2D eigenvalue weighted by molar-refractivity contribution is -0.131. The van der Waals surface area contributed by atoms with Gasteiger partial charge in [-0.15, -0.1) is 0 Å². The van der Waals surface area contributed by atoms with Crippen LogP contribution in [-0.4, -0.2) is 75.6 Å². The SMILES string of the molecule is CN1N=C(C(=O)N2CCN(C)C(c3nccn3C)C2)CCC1=O. The highest BCUT2D eigenvalue weighted by molar-refractivity contribution is 6.39. The van der Waals surface area contributed by atoms with Crippen LogP contribution in [0.1, 0.15) is 24.7 Å². The molecule has 124 valence electrons. The number of rotatable bonds is 2. The largest absolute Gasteiger partial charge is 0.337 e. The van der Waals surface area contributed by atoms with Gasteiger partial charge in [0.1, 0.15) is 11.5 Å². The lowest BCUT2D eigenvalue weighted by Gasteiger charge is -2.39. The number of piperazine rings is 1. The number of likely N-dealkylation sites (N-methyl/N-ethyl adjacent to an activating group) is 1. The van der Waals surface area contributed by atoms with Crippen LogP contribution in [0.25, 0.3) is 0 Å². The molecule has 0 aliphatic carbocycles. The number of nitrogens with zero attached hydrogens (tertiary/aromatic N) is 6. The molecule has 1 aromatic heterocycles. The summed E-state index contributed by atoms with van der Waals surface area (Å²) in [5.74, 6) is 0.824. The van der Waals surface area contributed by atoms with Gasteiger partial charge in [-0.05, 0) is 7.05 Å². The quantitative estimate of drug-likeness (QED) is 0.760. The van der Waals surface area contributed by atoms with Crippen molar-refractivity contribution >= 4 is 17.5 Å². The number of aromatic nitrogens is 2. The van der Waals surface area contributed by atoms with Gasteiger partial charge in [0.15, 0.2) is 0 Å². The number of amides is 2. The molecule has 1 aromatic rings. The third kappa shape index (κ3) is 2.98. The van der Waals surface area contributed by atoms with E-state index in [1.165, 1.54) is 5.01 Å². The Morgan fingerprint density at radius 2 is 2.00 bits per heavy atom. The van der Waals surface area contributed by atoms with E-state index in [4.69, 9.17) is 0 Å². The Hall–Kier alpha value is -2.22. The molecule has 0 aromatic carbocycles. The fourth-order valence-corrected chi connectivity index (χ4v) is 3.04. The second-order valence-corrected chi connectivity index (χ2v) is 6.11. The summed E-state index contributed by atoms with van der Waals surface area (Å²) in [6.45, 7) is 2.02. The molecule has 2 aliphatic rings. The Balaban J connectivity index is 1.76. The Morgan fingerprint density at radius 1 is 1.22 bits per heavy atom. The van der Waals surface area contributed by atoms with Gasteiger partial charge in [-0.1, -0.05) is 0 Å². The zero-order valence-corrected chi connectivity index (χ0v) is 13.8. The number of aryl methyl sites for hydroxylation is 1. The first kappa shape index (κ1) is 15.7. The summed E-state index contributed by atoms with van der Waals surface area (Å²) in [4.78, 5) is 32.7. The molecule has 8 nitrogen and oxygen atoms in total. The van der Waals surface area contributed by atoms with Crippen LogP contribution in [0.3, 0.4) is 0 Å². The van der Waals surface area contributed by atoms with Gasteiger partial charge < -0.3 is 9.47 Å². The van der Waals surface area contributed by atoms with E-state index in [2.05, 4.69) is 15.0 Å². The first-order chi connectivity index (χ1) is 11.0. The first-order valence-electron chi connectivity index (χ1n) is 7.78. The third-order valence-corrected chi connectivity index (χ3v) is 4.55. The second kappa shape index (κ2) is 6.11. The molecule has 0 radical (unpaired) electrons. The minimum Gasteiger partial charge on any atom is -0.337 e. The van der Waals surface area contributed by atoms with Gasteiger partial charge in [-0.3, -0.25) is 14.5 Å². The van der Waals surface area contributed by atoms with Gasteiger partial charge in [-0.2, -0.15) is 5.10 Å². The molecule has 23 heavy (non-hydrogen) atoms. The van der Waals surface area contributed by atoms with E-state index >= 15 is 0 Å². The minimum absolute atomic E-state index is 0.0502. The highest BCUT2D eigenvalue weighted by atomic mass is 16.2. The number of carbonyl (C=O) groups is 2. The second-order valence-electron chi connectivity index (χ2n) is 6.11. The van der Waals surface area contributed by atoms with Crippen molar-refractivity contribution in [2.24, 2.45) is 12.1 Å². The summed E-state index contributed by atoms with van der Waals surface area (Å²) in [5, 5.41) is 5.40. The summed E-state index contributed by atoms with van der Waals surface area (Å²) in [6.07, 6.45) is 4.45. The number of hydrogen-bond acceptors (Lipinski definition) is 5. The summed E-state index contributed by atoms with van der Waals surface area (Å²) in [7, 11) is 5.60. The molecule has 2 aliphatic heterocycles. The molecule has 2 amide bonds. The van der Waals surface area contributed by atoms with Crippen LogP contribution in [-0.2, 0) is 16.6 Å². The molecular formula is C15H22N6O2. The molecule has 1 saturated heterocycles. The van der Waals surface area contributed by atoms with Crippen LogP contribution in [0, 0.1) is 0 Å². The van der Waals surface area contributed by atoms with Crippen LogP contribution < -0.4 is 0 Å². The number of hydrogen-bond donors (Lipinski definition) is 0. The fourth-order valence-electron chi connectivity index (χ4n) is 3.04. The van der Waals surface area contributed by atoms with Crippen molar-refractivity contribution in [2.45, 2.75) is 18.9 Å². The molecule has 1 fully saturated rings. The molecule has 0 saturated carbocycles. The maximum Gasteiger partial charge on any atom is 0.270 e. The molecule has 1 atom stereocenters. The Labute approximate surface area is 135 Å². The van der Waals surface area contributed by atoms with Crippen LogP contribution in [0.15, 0.2) is 17.5 Å². The predicted octanol–water partition coefficient (Wildman–Crippen LogP) is -0.157. The van der Waals surface area contributed by atoms with Crippen molar-refractivity contribution in [3.63, 3.8) is 0 Å². The topological polar surface area (TPSA) is 74.0 Å². The van der Waals surface area contributed by atoms with Gasteiger partial charge in [0.25, 0.3) is 5.91 Å². The van der Waals surface area contributed by atoms with E-state index in [1.54, 1.807) is 13.2 Å². The van der Waals surface area contributed by atoms with Crippen LogP contribution in [0.2, 0.25) is 0 Å². The van der Waals surface area contributed by atoms with E-state index in [0.29, 0.717) is 31.6 Å². The van der Waals surface area contributed by atoms with Gasteiger partial charge in [-0.25, -0.2) is 9.99 Å². The number of hydrazone groups is 1. The summed E-state index contributed by atoms with van der Waals surface area (Å²) in [6, 6.07) is 0.0660. The van der Waals surface area contributed by atoms with Crippen LogP contribution in [0.4, 0.5) is 0 Å². The average molecular weight is 318 g/mol. The van der Waals surface area contributed by atoms with Crippen molar-refractivity contribution in [3.05, 3.63) is 18.2 Å². The van der Waals surface area contributed by atoms with Crippen LogP contribution in [0.5, 0.6) is 0 Å².